The normalized spacial score (nSPS) is 17.3. The molecule has 3 nitrogen and oxygen atoms in total. The number of nitrogens with zero attached hydrogens (tertiary/aromatic N) is 2. The Morgan fingerprint density at radius 1 is 1.58 bits per heavy atom. The number of carbonyl (C=O) groups is 1. The van der Waals surface area contributed by atoms with Gasteiger partial charge >= 0.3 is 0 Å². The van der Waals surface area contributed by atoms with Crippen molar-refractivity contribution in [3.05, 3.63) is 0 Å². The Balaban J connectivity index is 2.78. The molecule has 0 atom stereocenters. The van der Waals surface area contributed by atoms with Gasteiger partial charge in [0.1, 0.15) is 0 Å². The number of hydrogen-bond acceptors (Lipinski definition) is 1. The first kappa shape index (κ1) is 9.23. The van der Waals surface area contributed by atoms with Crippen LogP contribution in [0.1, 0.15) is 26.7 Å². The van der Waals surface area contributed by atoms with Crippen molar-refractivity contribution >= 4 is 12.2 Å². The fourth-order valence-electron chi connectivity index (χ4n) is 1.60. The van der Waals surface area contributed by atoms with Crippen LogP contribution in [-0.2, 0) is 4.79 Å². The zero-order valence-electron chi connectivity index (χ0n) is 8.08. The van der Waals surface area contributed by atoms with Crippen LogP contribution in [0.5, 0.6) is 0 Å². The summed E-state index contributed by atoms with van der Waals surface area (Å²) < 4.78 is 2.16. The average molecular weight is 169 g/mol. The minimum atomic E-state index is 0.276. The highest BCUT2D eigenvalue weighted by atomic mass is 16.1. The van der Waals surface area contributed by atoms with Crippen molar-refractivity contribution < 1.29 is 9.37 Å². The lowest BCUT2D eigenvalue weighted by atomic mass is 10.3. The molecule has 68 valence electrons. The highest BCUT2D eigenvalue weighted by molar-refractivity contribution is 5.87. The van der Waals surface area contributed by atoms with Crippen molar-refractivity contribution in [1.29, 1.82) is 0 Å². The summed E-state index contributed by atoms with van der Waals surface area (Å²) in [5.41, 5.74) is 0. The van der Waals surface area contributed by atoms with Gasteiger partial charge in [0.25, 0.3) is 12.2 Å². The zero-order chi connectivity index (χ0) is 9.14. The Morgan fingerprint density at radius 3 is 2.58 bits per heavy atom. The molecule has 0 N–H and O–H groups in total. The maximum atomic E-state index is 10.8. The Hall–Kier alpha value is -0.860. The predicted molar refractivity (Wildman–Crippen MR) is 48.3 cm³/mol. The Kier molecular flexibility index (Phi) is 2.84. The van der Waals surface area contributed by atoms with E-state index in [2.05, 4.69) is 4.58 Å². The SMILES string of the molecule is CC(C)N(C=O)C1=[N+](C)CCC1. The zero-order valence-corrected chi connectivity index (χ0v) is 8.08. The van der Waals surface area contributed by atoms with Crippen molar-refractivity contribution in [2.75, 3.05) is 13.6 Å². The Bertz CT molecular complexity index is 209. The first-order valence-electron chi connectivity index (χ1n) is 4.47. The van der Waals surface area contributed by atoms with E-state index in [0.29, 0.717) is 0 Å². The van der Waals surface area contributed by atoms with Crippen LogP contribution in [0.15, 0.2) is 0 Å². The van der Waals surface area contributed by atoms with Crippen LogP contribution < -0.4 is 0 Å². The van der Waals surface area contributed by atoms with Crippen LogP contribution in [0, 0.1) is 0 Å². The molecule has 0 spiro atoms. The lowest BCUT2D eigenvalue weighted by Crippen LogP contribution is -2.38. The minimum Gasteiger partial charge on any atom is -0.268 e. The maximum Gasteiger partial charge on any atom is 0.297 e. The van der Waals surface area contributed by atoms with Gasteiger partial charge in [0, 0.05) is 0 Å². The third kappa shape index (κ3) is 1.65. The van der Waals surface area contributed by atoms with Crippen LogP contribution >= 0.6 is 0 Å². The summed E-state index contributed by atoms with van der Waals surface area (Å²) in [7, 11) is 2.04. The Labute approximate surface area is 73.7 Å². The molecule has 1 amide bonds. The third-order valence-corrected chi connectivity index (χ3v) is 2.30. The van der Waals surface area contributed by atoms with Crippen molar-refractivity contribution in [2.45, 2.75) is 32.7 Å². The molecule has 0 bridgehead atoms. The molecule has 0 unspecified atom stereocenters. The van der Waals surface area contributed by atoms with Gasteiger partial charge in [0.05, 0.1) is 26.1 Å². The quantitative estimate of drug-likeness (QED) is 0.440. The van der Waals surface area contributed by atoms with Crippen LogP contribution in [-0.4, -0.2) is 41.4 Å². The van der Waals surface area contributed by atoms with Gasteiger partial charge in [-0.15, -0.1) is 0 Å². The van der Waals surface area contributed by atoms with E-state index in [4.69, 9.17) is 0 Å². The molecule has 12 heavy (non-hydrogen) atoms. The van der Waals surface area contributed by atoms with E-state index in [-0.39, 0.29) is 6.04 Å². The van der Waals surface area contributed by atoms with Crippen LogP contribution in [0.2, 0.25) is 0 Å². The summed E-state index contributed by atoms with van der Waals surface area (Å²) in [6.07, 6.45) is 3.14. The first-order valence-corrected chi connectivity index (χ1v) is 4.47. The number of rotatable bonds is 2. The van der Waals surface area contributed by atoms with Gasteiger partial charge in [-0.3, -0.25) is 9.37 Å². The van der Waals surface area contributed by atoms with Crippen molar-refractivity contribution in [3.63, 3.8) is 0 Å². The lowest BCUT2D eigenvalue weighted by molar-refractivity contribution is -0.493. The smallest absolute Gasteiger partial charge is 0.268 e. The fourth-order valence-corrected chi connectivity index (χ4v) is 1.60. The molecular formula is C9H17N2O+. The van der Waals surface area contributed by atoms with Crippen molar-refractivity contribution in [1.82, 2.24) is 4.90 Å². The first-order chi connectivity index (χ1) is 5.66. The molecule has 1 aliphatic rings. The second kappa shape index (κ2) is 3.70. The highest BCUT2D eigenvalue weighted by Gasteiger charge is 2.27. The summed E-state index contributed by atoms with van der Waals surface area (Å²) in [5, 5.41) is 0. The maximum absolute atomic E-state index is 10.8. The van der Waals surface area contributed by atoms with Crippen molar-refractivity contribution in [3.8, 4) is 0 Å². The molecule has 3 heteroatoms. The fraction of sp³-hybridized carbons (Fsp3) is 0.778. The number of amidine groups is 1. The molecule has 1 heterocycles. The van der Waals surface area contributed by atoms with Gasteiger partial charge in [-0.2, -0.15) is 0 Å². The monoisotopic (exact) mass is 169 g/mol. The van der Waals surface area contributed by atoms with Gasteiger partial charge in [-0.05, 0) is 20.3 Å². The van der Waals surface area contributed by atoms with E-state index >= 15 is 0 Å². The molecule has 0 aromatic heterocycles. The van der Waals surface area contributed by atoms with E-state index in [0.717, 1.165) is 19.4 Å². The number of carbonyl (C=O) groups excluding carboxylic acids is 1. The second-order valence-electron chi connectivity index (χ2n) is 3.55. The van der Waals surface area contributed by atoms with Crippen molar-refractivity contribution in [2.24, 2.45) is 0 Å². The number of amides is 1. The molecule has 0 saturated carbocycles. The largest absolute Gasteiger partial charge is 0.297 e. The van der Waals surface area contributed by atoms with E-state index in [9.17, 15) is 4.79 Å². The molecule has 0 aromatic carbocycles. The highest BCUT2D eigenvalue weighted by Crippen LogP contribution is 2.08. The summed E-state index contributed by atoms with van der Waals surface area (Å²) in [4.78, 5) is 12.6. The third-order valence-electron chi connectivity index (χ3n) is 2.30. The van der Waals surface area contributed by atoms with Crippen LogP contribution in [0.4, 0.5) is 0 Å². The number of hydrogen-bond donors (Lipinski definition) is 0. The topological polar surface area (TPSA) is 23.3 Å². The summed E-state index contributed by atoms with van der Waals surface area (Å²) in [6, 6.07) is 0.276. The average Bonchev–Trinajstić information content (AvgIpc) is 2.38. The molecule has 0 aromatic rings. The van der Waals surface area contributed by atoms with Crippen LogP contribution in [0.25, 0.3) is 0 Å². The van der Waals surface area contributed by atoms with Gasteiger partial charge in [-0.1, -0.05) is 0 Å². The summed E-state index contributed by atoms with van der Waals surface area (Å²) in [5.74, 6) is 1.17. The van der Waals surface area contributed by atoms with E-state index in [1.165, 1.54) is 12.3 Å². The summed E-state index contributed by atoms with van der Waals surface area (Å²) >= 11 is 0. The van der Waals surface area contributed by atoms with E-state index < -0.39 is 0 Å². The van der Waals surface area contributed by atoms with Gasteiger partial charge < -0.3 is 0 Å². The molecule has 0 aliphatic carbocycles. The molecule has 1 rings (SSSR count). The van der Waals surface area contributed by atoms with E-state index in [1.54, 1.807) is 0 Å². The minimum absolute atomic E-state index is 0.276. The van der Waals surface area contributed by atoms with Gasteiger partial charge in [0.15, 0.2) is 0 Å². The standard InChI is InChI=1S/C9H17N2O/c1-8(2)11(7-12)9-5-4-6-10(9)3/h7-8H,4-6H2,1-3H3/q+1. The van der Waals surface area contributed by atoms with E-state index in [1.807, 2.05) is 25.8 Å². The van der Waals surface area contributed by atoms with Gasteiger partial charge in [-0.25, -0.2) is 4.90 Å². The van der Waals surface area contributed by atoms with Gasteiger partial charge in [0.2, 0.25) is 0 Å². The molecule has 0 radical (unpaired) electrons. The summed E-state index contributed by atoms with van der Waals surface area (Å²) in [6.45, 7) is 5.15. The lowest BCUT2D eigenvalue weighted by Gasteiger charge is -2.14. The van der Waals surface area contributed by atoms with Crippen LogP contribution in [0.3, 0.4) is 0 Å². The second-order valence-corrected chi connectivity index (χ2v) is 3.55. The Morgan fingerprint density at radius 2 is 2.25 bits per heavy atom. The molecule has 0 fully saturated rings. The molecule has 1 aliphatic heterocycles. The molecule has 0 saturated heterocycles. The predicted octanol–water partition coefficient (Wildman–Crippen LogP) is 0.688. The molecular weight excluding hydrogens is 152 g/mol.